The first-order valence-electron chi connectivity index (χ1n) is 4.97. The molecule has 0 fully saturated rings. The summed E-state index contributed by atoms with van der Waals surface area (Å²) in [6, 6.07) is 0. The van der Waals surface area contributed by atoms with Crippen LogP contribution in [-0.2, 0) is 4.79 Å². The summed E-state index contributed by atoms with van der Waals surface area (Å²) in [5.74, 6) is -0.599. The molecule has 0 spiro atoms. The Hall–Kier alpha value is -0.530. The van der Waals surface area contributed by atoms with E-state index in [0.717, 1.165) is 12.8 Å². The predicted octanol–water partition coefficient (Wildman–Crippen LogP) is 3.17. The fraction of sp³-hybridized carbons (Fsp3) is 0.909. The molecule has 2 heteroatoms. The molecule has 0 amide bonds. The average Bonchev–Trinajstić information content (AvgIpc) is 1.82. The summed E-state index contributed by atoms with van der Waals surface area (Å²) in [4.78, 5) is 10.9. The van der Waals surface area contributed by atoms with Crippen molar-refractivity contribution >= 4 is 5.97 Å². The van der Waals surface area contributed by atoms with Crippen LogP contribution in [0.2, 0.25) is 0 Å². The molecule has 0 aliphatic heterocycles. The molecule has 1 N–H and O–H groups in total. The molecule has 1 atom stereocenters. The van der Waals surface area contributed by atoms with Crippen molar-refractivity contribution in [3.8, 4) is 0 Å². The van der Waals surface area contributed by atoms with E-state index in [1.54, 1.807) is 0 Å². The average molecular weight is 186 g/mol. The number of carbonyl (C=O) groups is 1. The van der Waals surface area contributed by atoms with Gasteiger partial charge in [-0.2, -0.15) is 0 Å². The monoisotopic (exact) mass is 186 g/mol. The lowest BCUT2D eigenvalue weighted by molar-refractivity contribution is -0.143. The van der Waals surface area contributed by atoms with Gasteiger partial charge in [-0.3, -0.25) is 4.79 Å². The summed E-state index contributed by atoms with van der Waals surface area (Å²) in [6.07, 6.45) is 1.76. The fourth-order valence-electron chi connectivity index (χ4n) is 1.33. The quantitative estimate of drug-likeness (QED) is 0.732. The second-order valence-electron chi connectivity index (χ2n) is 5.29. The molecule has 0 aliphatic carbocycles. The minimum absolute atomic E-state index is 0.181. The largest absolute Gasteiger partial charge is 0.481 e. The first-order valence-corrected chi connectivity index (χ1v) is 4.97. The SMILES string of the molecule is CC(C)C(CCC(C)(C)C)C(=O)O. The van der Waals surface area contributed by atoms with Crippen LogP contribution in [0.25, 0.3) is 0 Å². The Labute approximate surface area is 81.3 Å². The molecule has 0 radical (unpaired) electrons. The summed E-state index contributed by atoms with van der Waals surface area (Å²) < 4.78 is 0. The van der Waals surface area contributed by atoms with Crippen LogP contribution in [0.5, 0.6) is 0 Å². The molecule has 13 heavy (non-hydrogen) atoms. The van der Waals surface area contributed by atoms with E-state index in [1.807, 2.05) is 13.8 Å². The Morgan fingerprint density at radius 2 is 1.77 bits per heavy atom. The molecule has 0 aromatic rings. The Kier molecular flexibility index (Phi) is 4.45. The van der Waals surface area contributed by atoms with E-state index in [1.165, 1.54) is 0 Å². The minimum Gasteiger partial charge on any atom is -0.481 e. The van der Waals surface area contributed by atoms with Crippen LogP contribution in [-0.4, -0.2) is 11.1 Å². The Morgan fingerprint density at radius 1 is 1.31 bits per heavy atom. The lowest BCUT2D eigenvalue weighted by Gasteiger charge is -2.22. The van der Waals surface area contributed by atoms with Crippen LogP contribution in [0, 0.1) is 17.3 Å². The molecule has 1 unspecified atom stereocenters. The van der Waals surface area contributed by atoms with Crippen LogP contribution < -0.4 is 0 Å². The van der Waals surface area contributed by atoms with Crippen LogP contribution in [0.15, 0.2) is 0 Å². The molecule has 2 nitrogen and oxygen atoms in total. The molecule has 0 saturated heterocycles. The maximum atomic E-state index is 10.9. The van der Waals surface area contributed by atoms with Crippen molar-refractivity contribution < 1.29 is 9.90 Å². The number of hydrogen-bond acceptors (Lipinski definition) is 1. The van der Waals surface area contributed by atoms with Crippen molar-refractivity contribution in [1.82, 2.24) is 0 Å². The van der Waals surface area contributed by atoms with Crippen molar-refractivity contribution in [2.24, 2.45) is 17.3 Å². The number of carboxylic acid groups (broad SMARTS) is 1. The molecule has 0 aromatic carbocycles. The Bertz CT molecular complexity index is 165. The van der Waals surface area contributed by atoms with Gasteiger partial charge in [0, 0.05) is 0 Å². The van der Waals surface area contributed by atoms with Gasteiger partial charge in [-0.05, 0) is 24.2 Å². The first-order chi connectivity index (χ1) is 5.74. The number of hydrogen-bond donors (Lipinski definition) is 1. The third-order valence-electron chi connectivity index (χ3n) is 2.33. The van der Waals surface area contributed by atoms with E-state index < -0.39 is 5.97 Å². The van der Waals surface area contributed by atoms with Crippen LogP contribution in [0.3, 0.4) is 0 Å². The van der Waals surface area contributed by atoms with Crippen molar-refractivity contribution in [2.75, 3.05) is 0 Å². The second kappa shape index (κ2) is 4.64. The van der Waals surface area contributed by atoms with Gasteiger partial charge >= 0.3 is 5.97 Å². The summed E-state index contributed by atoms with van der Waals surface area (Å²) in [7, 11) is 0. The highest BCUT2D eigenvalue weighted by Gasteiger charge is 2.23. The van der Waals surface area contributed by atoms with Crippen molar-refractivity contribution in [2.45, 2.75) is 47.5 Å². The molecule has 0 heterocycles. The first kappa shape index (κ1) is 12.5. The van der Waals surface area contributed by atoms with Gasteiger partial charge in [-0.1, -0.05) is 34.6 Å². The van der Waals surface area contributed by atoms with E-state index >= 15 is 0 Å². The zero-order valence-electron chi connectivity index (χ0n) is 9.42. The van der Waals surface area contributed by atoms with Crippen molar-refractivity contribution in [3.63, 3.8) is 0 Å². The molecule has 78 valence electrons. The fourth-order valence-corrected chi connectivity index (χ4v) is 1.33. The van der Waals surface area contributed by atoms with Crippen LogP contribution in [0.1, 0.15) is 47.5 Å². The molecule has 0 aromatic heterocycles. The standard InChI is InChI=1S/C11H22O2/c1-8(2)9(10(12)13)6-7-11(3,4)5/h8-9H,6-7H2,1-5H3,(H,12,13). The second-order valence-corrected chi connectivity index (χ2v) is 5.29. The third kappa shape index (κ3) is 5.67. The number of carboxylic acids is 1. The number of aliphatic carboxylic acids is 1. The maximum Gasteiger partial charge on any atom is 0.306 e. The van der Waals surface area contributed by atoms with E-state index in [2.05, 4.69) is 20.8 Å². The highest BCUT2D eigenvalue weighted by molar-refractivity contribution is 5.70. The van der Waals surface area contributed by atoms with Gasteiger partial charge in [0.1, 0.15) is 0 Å². The van der Waals surface area contributed by atoms with Crippen LogP contribution in [0.4, 0.5) is 0 Å². The van der Waals surface area contributed by atoms with Gasteiger partial charge in [0.2, 0.25) is 0 Å². The summed E-state index contributed by atoms with van der Waals surface area (Å²) in [6.45, 7) is 10.4. The van der Waals surface area contributed by atoms with Gasteiger partial charge < -0.3 is 5.11 Å². The number of rotatable bonds is 4. The van der Waals surface area contributed by atoms with Gasteiger partial charge in [0.25, 0.3) is 0 Å². The third-order valence-corrected chi connectivity index (χ3v) is 2.33. The van der Waals surface area contributed by atoms with Crippen LogP contribution >= 0.6 is 0 Å². The zero-order valence-corrected chi connectivity index (χ0v) is 9.42. The highest BCUT2D eigenvalue weighted by atomic mass is 16.4. The van der Waals surface area contributed by atoms with Gasteiger partial charge in [0.15, 0.2) is 0 Å². The Morgan fingerprint density at radius 3 is 2.00 bits per heavy atom. The van der Waals surface area contributed by atoms with E-state index in [0.29, 0.717) is 0 Å². The molecule has 0 aliphatic rings. The van der Waals surface area contributed by atoms with Crippen molar-refractivity contribution in [1.29, 1.82) is 0 Å². The van der Waals surface area contributed by atoms with Gasteiger partial charge in [-0.15, -0.1) is 0 Å². The Balaban J connectivity index is 4.06. The predicted molar refractivity (Wildman–Crippen MR) is 54.7 cm³/mol. The topological polar surface area (TPSA) is 37.3 Å². The molecular formula is C11H22O2. The summed E-state index contributed by atoms with van der Waals surface area (Å²) >= 11 is 0. The smallest absolute Gasteiger partial charge is 0.306 e. The molecule has 0 saturated carbocycles. The normalized spacial score (nSPS) is 14.6. The van der Waals surface area contributed by atoms with E-state index in [4.69, 9.17) is 5.11 Å². The van der Waals surface area contributed by atoms with E-state index in [9.17, 15) is 4.79 Å². The van der Waals surface area contributed by atoms with Gasteiger partial charge in [-0.25, -0.2) is 0 Å². The zero-order chi connectivity index (χ0) is 10.6. The maximum absolute atomic E-state index is 10.9. The van der Waals surface area contributed by atoms with E-state index in [-0.39, 0.29) is 17.3 Å². The molecule has 0 rings (SSSR count). The van der Waals surface area contributed by atoms with Gasteiger partial charge in [0.05, 0.1) is 5.92 Å². The summed E-state index contributed by atoms with van der Waals surface area (Å²) in [5, 5.41) is 8.94. The molecular weight excluding hydrogens is 164 g/mol. The lowest BCUT2D eigenvalue weighted by atomic mass is 9.83. The summed E-state index contributed by atoms with van der Waals surface area (Å²) in [5.41, 5.74) is 0.239. The highest BCUT2D eigenvalue weighted by Crippen LogP contribution is 2.26. The minimum atomic E-state index is -0.653. The lowest BCUT2D eigenvalue weighted by Crippen LogP contribution is -2.21. The molecule has 0 bridgehead atoms. The van der Waals surface area contributed by atoms with Crippen molar-refractivity contribution in [3.05, 3.63) is 0 Å².